The van der Waals surface area contributed by atoms with Crippen molar-refractivity contribution >= 4 is 11.8 Å². The zero-order chi connectivity index (χ0) is 17.6. The summed E-state index contributed by atoms with van der Waals surface area (Å²) in [6, 6.07) is 13.1. The van der Waals surface area contributed by atoms with Gasteiger partial charge < -0.3 is 4.74 Å². The summed E-state index contributed by atoms with van der Waals surface area (Å²) in [6.45, 7) is 2.34. The molecule has 2 atom stereocenters. The molecule has 4 rings (SSSR count). The van der Waals surface area contributed by atoms with Crippen LogP contribution in [0, 0.1) is 6.92 Å². The molecule has 5 nitrogen and oxygen atoms in total. The van der Waals surface area contributed by atoms with Gasteiger partial charge in [0.25, 0.3) is 0 Å². The summed E-state index contributed by atoms with van der Waals surface area (Å²) in [5, 5.41) is 8.63. The molecule has 1 aliphatic carbocycles. The largest absolute Gasteiger partial charge is 0.465 e. The second-order valence-corrected chi connectivity index (χ2v) is 6.59. The monoisotopic (exact) mass is 334 g/mol. The van der Waals surface area contributed by atoms with Crippen molar-refractivity contribution < 1.29 is 14.3 Å². The van der Waals surface area contributed by atoms with Crippen LogP contribution in [0.3, 0.4) is 0 Å². The first kappa shape index (κ1) is 15.7. The van der Waals surface area contributed by atoms with E-state index in [2.05, 4.69) is 10.2 Å². The van der Waals surface area contributed by atoms with Gasteiger partial charge in [-0.3, -0.25) is 4.79 Å². The number of esters is 1. The number of ketones is 1. The van der Waals surface area contributed by atoms with Crippen LogP contribution in [0.2, 0.25) is 0 Å². The minimum atomic E-state index is -0.946. The van der Waals surface area contributed by atoms with Gasteiger partial charge in [-0.05, 0) is 29.7 Å². The van der Waals surface area contributed by atoms with Crippen LogP contribution >= 0.6 is 0 Å². The zero-order valence-electron chi connectivity index (χ0n) is 14.2. The molecular formula is C20H18N2O3. The number of hydrogen-bond donors (Lipinski definition) is 0. The summed E-state index contributed by atoms with van der Waals surface area (Å²) < 4.78 is 4.91. The van der Waals surface area contributed by atoms with Crippen molar-refractivity contribution in [2.45, 2.75) is 24.8 Å². The third-order valence-electron chi connectivity index (χ3n) is 5.27. The number of benzene rings is 2. The average Bonchev–Trinajstić information content (AvgIpc) is 3.17. The van der Waals surface area contributed by atoms with Crippen LogP contribution < -0.4 is 0 Å². The smallest absolute Gasteiger partial charge is 0.338 e. The van der Waals surface area contributed by atoms with E-state index in [4.69, 9.17) is 4.74 Å². The molecular weight excluding hydrogens is 316 g/mol. The lowest BCUT2D eigenvalue weighted by Crippen LogP contribution is -2.39. The first-order valence-electron chi connectivity index (χ1n) is 8.27. The van der Waals surface area contributed by atoms with E-state index < -0.39 is 11.5 Å². The summed E-state index contributed by atoms with van der Waals surface area (Å²) >= 11 is 0. The summed E-state index contributed by atoms with van der Waals surface area (Å²) in [5.74, 6) is -0.662. The Bertz CT molecular complexity index is 919. The maximum absolute atomic E-state index is 13.3. The fourth-order valence-electron chi connectivity index (χ4n) is 4.07. The standard InChI is InChI=1S/C20H18N2O3/c1-12-6-5-7-13-10-20(18(23)17(12)13)16(11-21-22-20)14-8-3-4-9-15(14)19(24)25-2/h3-9,16H,10-11H2,1-2H3/t16-,20+/m1/s1. The number of ether oxygens (including phenoxy) is 1. The normalized spacial score (nSPS) is 23.9. The molecule has 126 valence electrons. The van der Waals surface area contributed by atoms with E-state index in [1.807, 2.05) is 37.3 Å². The molecule has 0 radical (unpaired) electrons. The Morgan fingerprint density at radius 2 is 2.00 bits per heavy atom. The molecule has 0 saturated carbocycles. The number of hydrogen-bond acceptors (Lipinski definition) is 5. The van der Waals surface area contributed by atoms with E-state index in [-0.39, 0.29) is 11.7 Å². The van der Waals surface area contributed by atoms with Crippen molar-refractivity contribution in [3.63, 3.8) is 0 Å². The Labute approximate surface area is 145 Å². The first-order chi connectivity index (χ1) is 12.1. The molecule has 0 N–H and O–H groups in total. The van der Waals surface area contributed by atoms with Crippen molar-refractivity contribution in [2.75, 3.05) is 13.7 Å². The number of methoxy groups -OCH3 is 1. The number of carbonyl (C=O) groups is 2. The molecule has 2 aromatic rings. The minimum absolute atomic E-state index is 0.00604. The van der Waals surface area contributed by atoms with Crippen LogP contribution in [0.5, 0.6) is 0 Å². The third kappa shape index (κ3) is 2.15. The van der Waals surface area contributed by atoms with Crippen LogP contribution in [-0.4, -0.2) is 30.9 Å². The maximum Gasteiger partial charge on any atom is 0.338 e. The van der Waals surface area contributed by atoms with E-state index in [0.29, 0.717) is 18.5 Å². The second-order valence-electron chi connectivity index (χ2n) is 6.59. The lowest BCUT2D eigenvalue weighted by molar-refractivity contribution is 0.0597. The van der Waals surface area contributed by atoms with E-state index in [1.54, 1.807) is 12.1 Å². The number of azo groups is 1. The molecule has 0 saturated heterocycles. The van der Waals surface area contributed by atoms with E-state index in [0.717, 1.165) is 22.3 Å². The first-order valence-corrected chi connectivity index (χ1v) is 8.27. The molecule has 2 aromatic carbocycles. The molecule has 5 heteroatoms. The fourth-order valence-corrected chi connectivity index (χ4v) is 4.07. The molecule has 0 unspecified atom stereocenters. The Hall–Kier alpha value is -2.82. The second kappa shape index (κ2) is 5.62. The quantitative estimate of drug-likeness (QED) is 0.789. The van der Waals surface area contributed by atoms with Gasteiger partial charge >= 0.3 is 5.97 Å². The number of carbonyl (C=O) groups excluding carboxylic acids is 2. The summed E-state index contributed by atoms with van der Waals surface area (Å²) in [4.78, 5) is 25.5. The van der Waals surface area contributed by atoms with Gasteiger partial charge in [-0.2, -0.15) is 10.2 Å². The van der Waals surface area contributed by atoms with Crippen molar-refractivity contribution in [1.82, 2.24) is 0 Å². The molecule has 0 aromatic heterocycles. The van der Waals surface area contributed by atoms with Crippen LogP contribution in [0.1, 0.15) is 43.3 Å². The van der Waals surface area contributed by atoms with Gasteiger partial charge in [0, 0.05) is 17.9 Å². The van der Waals surface area contributed by atoms with Gasteiger partial charge in [0.05, 0.1) is 19.2 Å². The molecule has 0 amide bonds. The Morgan fingerprint density at radius 1 is 1.20 bits per heavy atom. The molecule has 2 aliphatic rings. The Balaban J connectivity index is 1.84. The lowest BCUT2D eigenvalue weighted by atomic mass is 9.76. The van der Waals surface area contributed by atoms with Crippen LogP contribution in [-0.2, 0) is 11.2 Å². The highest BCUT2D eigenvalue weighted by molar-refractivity contribution is 6.10. The summed E-state index contributed by atoms with van der Waals surface area (Å²) in [6.07, 6.45) is 0.520. The summed E-state index contributed by atoms with van der Waals surface area (Å²) in [5.41, 5.74) is 3.02. The van der Waals surface area contributed by atoms with Crippen LogP contribution in [0.25, 0.3) is 0 Å². The molecule has 1 heterocycles. The molecule has 1 spiro atoms. The molecule has 0 fully saturated rings. The van der Waals surface area contributed by atoms with Crippen LogP contribution in [0.4, 0.5) is 0 Å². The van der Waals surface area contributed by atoms with Crippen molar-refractivity contribution in [3.05, 3.63) is 70.3 Å². The average molecular weight is 334 g/mol. The third-order valence-corrected chi connectivity index (χ3v) is 5.27. The lowest BCUT2D eigenvalue weighted by Gasteiger charge is -2.27. The Morgan fingerprint density at radius 3 is 2.76 bits per heavy atom. The van der Waals surface area contributed by atoms with E-state index >= 15 is 0 Å². The maximum atomic E-state index is 13.3. The van der Waals surface area contributed by atoms with Crippen molar-refractivity contribution in [2.24, 2.45) is 10.2 Å². The van der Waals surface area contributed by atoms with Gasteiger partial charge in [0.15, 0.2) is 11.3 Å². The highest BCUT2D eigenvalue weighted by atomic mass is 16.5. The number of nitrogens with zero attached hydrogens (tertiary/aromatic N) is 2. The topological polar surface area (TPSA) is 68.1 Å². The van der Waals surface area contributed by atoms with Crippen molar-refractivity contribution in [3.8, 4) is 0 Å². The van der Waals surface area contributed by atoms with Gasteiger partial charge in [-0.25, -0.2) is 4.79 Å². The summed E-state index contributed by atoms with van der Waals surface area (Å²) in [7, 11) is 1.36. The van der Waals surface area contributed by atoms with E-state index in [1.165, 1.54) is 7.11 Å². The number of rotatable bonds is 2. The highest BCUT2D eigenvalue weighted by Crippen LogP contribution is 2.47. The van der Waals surface area contributed by atoms with Gasteiger partial charge in [-0.15, -0.1) is 0 Å². The van der Waals surface area contributed by atoms with Gasteiger partial charge in [0.1, 0.15) is 0 Å². The number of fused-ring (bicyclic) bond motifs is 1. The molecule has 1 aliphatic heterocycles. The highest BCUT2D eigenvalue weighted by Gasteiger charge is 2.55. The predicted octanol–water partition coefficient (Wildman–Crippen LogP) is 3.51. The number of aryl methyl sites for hydroxylation is 1. The number of Topliss-reactive ketones (excluding diaryl/α,β-unsaturated/α-hetero) is 1. The van der Waals surface area contributed by atoms with Crippen LogP contribution in [0.15, 0.2) is 52.7 Å². The van der Waals surface area contributed by atoms with Gasteiger partial charge in [0.2, 0.25) is 0 Å². The molecule has 25 heavy (non-hydrogen) atoms. The zero-order valence-corrected chi connectivity index (χ0v) is 14.2. The minimum Gasteiger partial charge on any atom is -0.465 e. The Kier molecular flexibility index (Phi) is 3.53. The van der Waals surface area contributed by atoms with Gasteiger partial charge in [-0.1, -0.05) is 36.4 Å². The fraction of sp³-hybridized carbons (Fsp3) is 0.300. The molecule has 0 bridgehead atoms. The van der Waals surface area contributed by atoms with Crippen molar-refractivity contribution in [1.29, 1.82) is 0 Å². The predicted molar refractivity (Wildman–Crippen MR) is 92.2 cm³/mol. The SMILES string of the molecule is COC(=O)c1ccccc1[C@H]1CN=N[C@@]12Cc1cccc(C)c1C2=O. The van der Waals surface area contributed by atoms with E-state index in [9.17, 15) is 9.59 Å².